The number of aliphatic hydroxyl groups excluding tert-OH is 1. The molecule has 0 saturated carbocycles. The van der Waals surface area contributed by atoms with E-state index in [1.165, 1.54) is 0 Å². The van der Waals surface area contributed by atoms with Gasteiger partial charge in [0, 0.05) is 0 Å². The Morgan fingerprint density at radius 2 is 1.52 bits per heavy atom. The Labute approximate surface area is 124 Å². The molecule has 112 valence electrons. The van der Waals surface area contributed by atoms with Gasteiger partial charge in [0.1, 0.15) is 12.7 Å². The number of aliphatic hydroxyl groups is 1. The molecule has 4 nitrogen and oxygen atoms in total. The van der Waals surface area contributed by atoms with E-state index in [4.69, 9.17) is 14.2 Å². The van der Waals surface area contributed by atoms with Crippen molar-refractivity contribution in [1.82, 2.24) is 0 Å². The second kappa shape index (κ2) is 6.99. The summed E-state index contributed by atoms with van der Waals surface area (Å²) >= 11 is 0. The highest BCUT2D eigenvalue weighted by atomic mass is 16.5. The molecular weight excluding hydrogens is 268 g/mol. The van der Waals surface area contributed by atoms with Crippen molar-refractivity contribution < 1.29 is 19.3 Å². The van der Waals surface area contributed by atoms with E-state index < -0.39 is 6.10 Å². The molecule has 0 aliphatic heterocycles. The molecule has 0 saturated heterocycles. The summed E-state index contributed by atoms with van der Waals surface area (Å²) < 4.78 is 16.2. The Bertz CT molecular complexity index is 556. The van der Waals surface area contributed by atoms with Crippen molar-refractivity contribution in [2.45, 2.75) is 13.0 Å². The maximum absolute atomic E-state index is 10.2. The van der Waals surface area contributed by atoms with Gasteiger partial charge in [-0.2, -0.15) is 0 Å². The number of hydrogen-bond donors (Lipinski definition) is 1. The third-order valence-electron chi connectivity index (χ3n) is 3.23. The monoisotopic (exact) mass is 288 g/mol. The van der Waals surface area contributed by atoms with Crippen LogP contribution in [0.5, 0.6) is 17.2 Å². The van der Waals surface area contributed by atoms with E-state index in [0.717, 1.165) is 11.1 Å². The van der Waals surface area contributed by atoms with Gasteiger partial charge in [0.05, 0.1) is 14.2 Å². The molecule has 1 N–H and O–H groups in total. The van der Waals surface area contributed by atoms with Gasteiger partial charge in [0.25, 0.3) is 0 Å². The highest BCUT2D eigenvalue weighted by Crippen LogP contribution is 2.37. The van der Waals surface area contributed by atoms with Crippen LogP contribution < -0.4 is 14.2 Å². The van der Waals surface area contributed by atoms with E-state index in [1.54, 1.807) is 26.4 Å². The molecule has 0 amide bonds. The normalized spacial score (nSPS) is 11.8. The average Bonchev–Trinajstić information content (AvgIpc) is 2.52. The van der Waals surface area contributed by atoms with E-state index in [1.807, 2.05) is 37.3 Å². The number of rotatable bonds is 6. The second-order valence-corrected chi connectivity index (χ2v) is 4.73. The van der Waals surface area contributed by atoms with Crippen LogP contribution in [0.1, 0.15) is 17.2 Å². The molecule has 0 radical (unpaired) electrons. The van der Waals surface area contributed by atoms with Crippen LogP contribution >= 0.6 is 0 Å². The fourth-order valence-electron chi connectivity index (χ4n) is 2.01. The minimum atomic E-state index is -0.708. The number of hydrogen-bond acceptors (Lipinski definition) is 4. The molecule has 0 heterocycles. The van der Waals surface area contributed by atoms with Crippen LogP contribution in [0.15, 0.2) is 42.5 Å². The van der Waals surface area contributed by atoms with Crippen LogP contribution in [0.25, 0.3) is 0 Å². The van der Waals surface area contributed by atoms with E-state index in [0.29, 0.717) is 17.2 Å². The summed E-state index contributed by atoms with van der Waals surface area (Å²) in [5, 5.41) is 10.2. The minimum absolute atomic E-state index is 0.125. The van der Waals surface area contributed by atoms with Gasteiger partial charge in [0.15, 0.2) is 11.5 Å². The number of methoxy groups -OCH3 is 2. The Kier molecular flexibility index (Phi) is 5.06. The summed E-state index contributed by atoms with van der Waals surface area (Å²) in [6.45, 7) is 2.13. The first-order valence-corrected chi connectivity index (χ1v) is 6.74. The van der Waals surface area contributed by atoms with Gasteiger partial charge in [-0.3, -0.25) is 0 Å². The molecule has 0 fully saturated rings. The topological polar surface area (TPSA) is 47.9 Å². The molecule has 0 aliphatic carbocycles. The molecule has 2 rings (SSSR count). The van der Waals surface area contributed by atoms with E-state index in [9.17, 15) is 5.11 Å². The Hall–Kier alpha value is -2.20. The highest BCUT2D eigenvalue weighted by molar-refractivity contribution is 5.51. The van der Waals surface area contributed by atoms with Crippen molar-refractivity contribution in [1.29, 1.82) is 0 Å². The Morgan fingerprint density at radius 1 is 0.952 bits per heavy atom. The summed E-state index contributed by atoms with van der Waals surface area (Å²) in [6.07, 6.45) is -0.708. The molecule has 1 atom stereocenters. The van der Waals surface area contributed by atoms with Crippen LogP contribution in [0.2, 0.25) is 0 Å². The van der Waals surface area contributed by atoms with Crippen molar-refractivity contribution in [3.8, 4) is 17.2 Å². The van der Waals surface area contributed by atoms with Gasteiger partial charge in [-0.25, -0.2) is 0 Å². The SMILES string of the molecule is COc1cccc(OC)c1OCC(O)c1ccc(C)cc1. The Morgan fingerprint density at radius 3 is 2.05 bits per heavy atom. The molecule has 2 aromatic rings. The first-order chi connectivity index (χ1) is 10.2. The smallest absolute Gasteiger partial charge is 0.203 e. The lowest BCUT2D eigenvalue weighted by Gasteiger charge is -2.17. The average molecular weight is 288 g/mol. The third kappa shape index (κ3) is 3.67. The molecule has 0 bridgehead atoms. The van der Waals surface area contributed by atoms with Crippen LogP contribution in [-0.2, 0) is 0 Å². The summed E-state index contributed by atoms with van der Waals surface area (Å²) in [4.78, 5) is 0. The van der Waals surface area contributed by atoms with E-state index in [2.05, 4.69) is 0 Å². The van der Waals surface area contributed by atoms with Crippen LogP contribution in [0.3, 0.4) is 0 Å². The quantitative estimate of drug-likeness (QED) is 0.887. The van der Waals surface area contributed by atoms with Crippen LogP contribution in [0, 0.1) is 6.92 Å². The van der Waals surface area contributed by atoms with Crippen molar-refractivity contribution >= 4 is 0 Å². The summed E-state index contributed by atoms with van der Waals surface area (Å²) in [6, 6.07) is 13.1. The van der Waals surface area contributed by atoms with Crippen LogP contribution in [0.4, 0.5) is 0 Å². The minimum Gasteiger partial charge on any atom is -0.493 e. The number of ether oxygens (including phenoxy) is 3. The van der Waals surface area contributed by atoms with Gasteiger partial charge in [-0.05, 0) is 24.6 Å². The zero-order valence-corrected chi connectivity index (χ0v) is 12.5. The van der Waals surface area contributed by atoms with Crippen molar-refractivity contribution in [2.75, 3.05) is 20.8 Å². The molecule has 1 unspecified atom stereocenters. The van der Waals surface area contributed by atoms with Crippen molar-refractivity contribution in [3.63, 3.8) is 0 Å². The van der Waals surface area contributed by atoms with Crippen molar-refractivity contribution in [3.05, 3.63) is 53.6 Å². The number of aryl methyl sites for hydroxylation is 1. The summed E-state index contributed by atoms with van der Waals surface area (Å²) in [5.74, 6) is 1.64. The van der Waals surface area contributed by atoms with Crippen molar-refractivity contribution in [2.24, 2.45) is 0 Å². The first kappa shape index (κ1) is 15.2. The van der Waals surface area contributed by atoms with Gasteiger partial charge >= 0.3 is 0 Å². The molecular formula is C17H20O4. The standard InChI is InChI=1S/C17H20O4/c1-12-7-9-13(10-8-12)14(18)11-21-17-15(19-2)5-4-6-16(17)20-3/h4-10,14,18H,11H2,1-3H3. The molecule has 2 aromatic carbocycles. The number of para-hydroxylation sites is 1. The maximum atomic E-state index is 10.2. The highest BCUT2D eigenvalue weighted by Gasteiger charge is 2.14. The van der Waals surface area contributed by atoms with Gasteiger partial charge in [0.2, 0.25) is 5.75 Å². The molecule has 0 spiro atoms. The van der Waals surface area contributed by atoms with E-state index >= 15 is 0 Å². The fourth-order valence-corrected chi connectivity index (χ4v) is 2.01. The second-order valence-electron chi connectivity index (χ2n) is 4.73. The molecule has 0 aromatic heterocycles. The van der Waals surface area contributed by atoms with Crippen LogP contribution in [-0.4, -0.2) is 25.9 Å². The first-order valence-electron chi connectivity index (χ1n) is 6.74. The molecule has 0 aliphatic rings. The predicted octanol–water partition coefficient (Wildman–Crippen LogP) is 3.12. The lowest BCUT2D eigenvalue weighted by Crippen LogP contribution is -2.10. The number of benzene rings is 2. The van der Waals surface area contributed by atoms with Gasteiger partial charge in [-0.15, -0.1) is 0 Å². The predicted molar refractivity (Wildman–Crippen MR) is 81.2 cm³/mol. The summed E-state index contributed by atoms with van der Waals surface area (Å²) in [7, 11) is 3.13. The fraction of sp³-hybridized carbons (Fsp3) is 0.294. The Balaban J connectivity index is 2.10. The van der Waals surface area contributed by atoms with E-state index in [-0.39, 0.29) is 6.61 Å². The lowest BCUT2D eigenvalue weighted by atomic mass is 10.1. The van der Waals surface area contributed by atoms with Gasteiger partial charge in [-0.1, -0.05) is 35.9 Å². The largest absolute Gasteiger partial charge is 0.493 e. The zero-order valence-electron chi connectivity index (χ0n) is 12.5. The molecule has 21 heavy (non-hydrogen) atoms. The third-order valence-corrected chi connectivity index (χ3v) is 3.23. The molecule has 4 heteroatoms. The van der Waals surface area contributed by atoms with Gasteiger partial charge < -0.3 is 19.3 Å². The maximum Gasteiger partial charge on any atom is 0.203 e. The zero-order chi connectivity index (χ0) is 15.2. The summed E-state index contributed by atoms with van der Waals surface area (Å²) in [5.41, 5.74) is 1.97. The lowest BCUT2D eigenvalue weighted by molar-refractivity contribution is 0.104.